The molecule has 1 aliphatic heterocycles. The quantitative estimate of drug-likeness (QED) is 0.396. The number of nitrogens with one attached hydrogen (secondary N) is 1. The molecule has 0 aliphatic carbocycles. The monoisotopic (exact) mass is 389 g/mol. The first-order valence-electron chi connectivity index (χ1n) is 8.42. The average molecular weight is 389 g/mol. The Morgan fingerprint density at radius 3 is 2.63 bits per heavy atom. The highest BCUT2D eigenvalue weighted by Gasteiger charge is 2.44. The van der Waals surface area contributed by atoms with Gasteiger partial charge in [0, 0.05) is 6.54 Å². The van der Waals surface area contributed by atoms with Crippen LogP contribution in [0.15, 0.2) is 41.8 Å². The number of fused-ring (bicyclic) bond motifs is 1. The minimum Gasteiger partial charge on any atom is -0.394 e. The van der Waals surface area contributed by atoms with E-state index in [1.807, 2.05) is 30.3 Å². The summed E-state index contributed by atoms with van der Waals surface area (Å²) in [7, 11) is 0. The second-order valence-corrected chi connectivity index (χ2v) is 6.64. The molecule has 4 atom stereocenters. The fourth-order valence-corrected chi connectivity index (χ4v) is 3.44. The van der Waals surface area contributed by atoms with Crippen LogP contribution in [0, 0.1) is 0 Å². The zero-order valence-electron chi connectivity index (χ0n) is 14.2. The zero-order valence-corrected chi connectivity index (χ0v) is 15.1. The van der Waals surface area contributed by atoms with E-state index in [2.05, 4.69) is 32.9 Å². The standard InChI is InChI=1S/C17H19N5O4S/c23-7-10-12(24)13(25)16(26-10)22-15-11(21-17(22)27)14(19-8-20-15)18-6-9-4-2-1-3-5-9/h1-5,8,10,12-13,16,23-25H,6-7H2,(H,21,27)(H,18,19,20)/t10-,12-,13-,16-/m1/s1. The molecule has 2 aromatic heterocycles. The van der Waals surface area contributed by atoms with Crippen molar-refractivity contribution in [3.8, 4) is 0 Å². The van der Waals surface area contributed by atoms with Crippen molar-refractivity contribution >= 4 is 29.6 Å². The van der Waals surface area contributed by atoms with Crippen LogP contribution in [0.2, 0.25) is 0 Å². The number of aliphatic hydroxyl groups is 3. The van der Waals surface area contributed by atoms with E-state index in [1.165, 1.54) is 10.9 Å². The smallest absolute Gasteiger partial charge is 0.169 e. The van der Waals surface area contributed by atoms with Crippen LogP contribution in [0.4, 0.5) is 5.82 Å². The highest BCUT2D eigenvalue weighted by Crippen LogP contribution is 2.34. The lowest BCUT2D eigenvalue weighted by molar-refractivity contribution is -0.0547. The van der Waals surface area contributed by atoms with Crippen LogP contribution < -0.4 is 5.32 Å². The molecule has 1 saturated heterocycles. The number of aliphatic hydroxyl groups excluding tert-OH is 3. The summed E-state index contributed by atoms with van der Waals surface area (Å²) >= 11 is 4.37. The molecule has 1 fully saturated rings. The van der Waals surface area contributed by atoms with E-state index < -0.39 is 31.1 Å². The second-order valence-electron chi connectivity index (χ2n) is 6.24. The molecule has 0 radical (unpaired) electrons. The van der Waals surface area contributed by atoms with Gasteiger partial charge in [-0.05, 0) is 5.56 Å². The van der Waals surface area contributed by atoms with Crippen LogP contribution in [0.1, 0.15) is 11.8 Å². The van der Waals surface area contributed by atoms with Gasteiger partial charge in [0.1, 0.15) is 24.6 Å². The van der Waals surface area contributed by atoms with Crippen LogP contribution in [0.3, 0.4) is 0 Å². The number of ether oxygens (including phenoxy) is 1. The lowest BCUT2D eigenvalue weighted by Crippen LogP contribution is -2.33. The molecule has 10 heteroatoms. The molecule has 0 bridgehead atoms. The molecule has 3 heterocycles. The predicted octanol–water partition coefficient (Wildman–Crippen LogP) is 0.339. The summed E-state index contributed by atoms with van der Waals surface area (Å²) in [5, 5.41) is 33.1. The Morgan fingerprint density at radius 2 is 1.93 bits per heavy atom. The van der Waals surface area contributed by atoms with Crippen molar-refractivity contribution in [2.24, 2.45) is 0 Å². The van der Waals surface area contributed by atoms with E-state index in [-0.39, 0.29) is 5.16 Å². The molecular formula is C17H19N5O4S. The Kier molecular flexibility index (Phi) is 4.98. The third kappa shape index (κ3) is 3.26. The van der Waals surface area contributed by atoms with E-state index in [1.54, 1.807) is 0 Å². The Balaban J connectivity index is 1.67. The van der Waals surface area contributed by atoms with Gasteiger partial charge in [0.05, 0.1) is 6.61 Å². The van der Waals surface area contributed by atoms with Gasteiger partial charge in [0.25, 0.3) is 0 Å². The van der Waals surface area contributed by atoms with E-state index in [4.69, 9.17) is 4.74 Å². The van der Waals surface area contributed by atoms with Gasteiger partial charge in [0.2, 0.25) is 0 Å². The maximum Gasteiger partial charge on any atom is 0.169 e. The van der Waals surface area contributed by atoms with Crippen molar-refractivity contribution in [3.05, 3.63) is 42.2 Å². The lowest BCUT2D eigenvalue weighted by Gasteiger charge is -2.17. The van der Waals surface area contributed by atoms with Crippen LogP contribution >= 0.6 is 12.6 Å². The summed E-state index contributed by atoms with van der Waals surface area (Å²) in [6.45, 7) is 0.137. The number of thiol groups is 1. The van der Waals surface area contributed by atoms with Crippen molar-refractivity contribution in [3.63, 3.8) is 0 Å². The molecule has 3 aromatic rings. The maximum atomic E-state index is 10.3. The number of anilines is 1. The second kappa shape index (κ2) is 7.41. The van der Waals surface area contributed by atoms with Gasteiger partial charge in [-0.1, -0.05) is 30.3 Å². The van der Waals surface area contributed by atoms with Gasteiger partial charge in [-0.2, -0.15) is 0 Å². The highest BCUT2D eigenvalue weighted by atomic mass is 32.1. The molecule has 0 saturated carbocycles. The molecule has 4 rings (SSSR count). The summed E-state index contributed by atoms with van der Waals surface area (Å²) in [4.78, 5) is 12.9. The minimum atomic E-state index is -1.25. The number of rotatable bonds is 5. The first kappa shape index (κ1) is 18.1. The van der Waals surface area contributed by atoms with Crippen LogP contribution in [0.5, 0.6) is 0 Å². The van der Waals surface area contributed by atoms with Crippen LogP contribution in [-0.2, 0) is 11.3 Å². The number of aromatic nitrogens is 4. The normalized spacial score (nSPS) is 25.2. The SMILES string of the molecule is OC[C@H]1O[C@@H](n2c(S)nc3c(NCc4ccccc4)ncnc32)[C@H](O)[C@@H]1O. The fourth-order valence-electron chi connectivity index (χ4n) is 3.14. The Bertz CT molecular complexity index is 938. The number of hydrogen-bond acceptors (Lipinski definition) is 9. The van der Waals surface area contributed by atoms with Crippen molar-refractivity contribution in [2.75, 3.05) is 11.9 Å². The van der Waals surface area contributed by atoms with E-state index in [9.17, 15) is 15.3 Å². The number of hydrogen-bond donors (Lipinski definition) is 5. The van der Waals surface area contributed by atoms with Crippen molar-refractivity contribution in [1.82, 2.24) is 19.5 Å². The van der Waals surface area contributed by atoms with E-state index in [0.717, 1.165) is 5.56 Å². The first-order valence-corrected chi connectivity index (χ1v) is 8.87. The average Bonchev–Trinajstić information content (AvgIpc) is 3.17. The molecule has 0 spiro atoms. The molecule has 27 heavy (non-hydrogen) atoms. The molecule has 1 aromatic carbocycles. The third-order valence-corrected chi connectivity index (χ3v) is 4.85. The van der Waals surface area contributed by atoms with Gasteiger partial charge in [-0.25, -0.2) is 15.0 Å². The number of benzene rings is 1. The maximum absolute atomic E-state index is 10.3. The Morgan fingerprint density at radius 1 is 1.15 bits per heavy atom. The number of imidazole rings is 1. The summed E-state index contributed by atoms with van der Waals surface area (Å²) in [5.41, 5.74) is 1.95. The van der Waals surface area contributed by atoms with Gasteiger partial charge in [0.15, 0.2) is 28.4 Å². The molecule has 142 valence electrons. The van der Waals surface area contributed by atoms with Crippen molar-refractivity contribution < 1.29 is 20.1 Å². The molecule has 9 nitrogen and oxygen atoms in total. The highest BCUT2D eigenvalue weighted by molar-refractivity contribution is 7.80. The van der Waals surface area contributed by atoms with Crippen LogP contribution in [0.25, 0.3) is 11.2 Å². The summed E-state index contributed by atoms with van der Waals surface area (Å²) < 4.78 is 7.06. The summed E-state index contributed by atoms with van der Waals surface area (Å²) in [5.74, 6) is 0.518. The van der Waals surface area contributed by atoms with Crippen molar-refractivity contribution in [2.45, 2.75) is 36.2 Å². The number of nitrogens with zero attached hydrogens (tertiary/aromatic N) is 4. The van der Waals surface area contributed by atoms with E-state index >= 15 is 0 Å². The predicted molar refractivity (Wildman–Crippen MR) is 99.4 cm³/mol. The van der Waals surface area contributed by atoms with E-state index in [0.29, 0.717) is 23.5 Å². The van der Waals surface area contributed by atoms with Gasteiger partial charge >= 0.3 is 0 Å². The fraction of sp³-hybridized carbons (Fsp3) is 0.353. The lowest BCUT2D eigenvalue weighted by atomic mass is 10.1. The van der Waals surface area contributed by atoms with Crippen LogP contribution in [-0.4, -0.2) is 59.8 Å². The summed E-state index contributed by atoms with van der Waals surface area (Å²) in [6, 6.07) is 9.84. The minimum absolute atomic E-state index is 0.253. The van der Waals surface area contributed by atoms with Gasteiger partial charge in [-0.15, -0.1) is 12.6 Å². The van der Waals surface area contributed by atoms with Crippen molar-refractivity contribution in [1.29, 1.82) is 0 Å². The molecule has 0 unspecified atom stereocenters. The Hall–Kier alpha value is -2.24. The largest absolute Gasteiger partial charge is 0.394 e. The topological polar surface area (TPSA) is 126 Å². The first-order chi connectivity index (χ1) is 13.1. The molecule has 4 N–H and O–H groups in total. The molecular weight excluding hydrogens is 370 g/mol. The van der Waals surface area contributed by atoms with Gasteiger partial charge in [-0.3, -0.25) is 4.57 Å². The third-order valence-electron chi connectivity index (χ3n) is 4.53. The summed E-state index contributed by atoms with van der Waals surface area (Å²) in [6.07, 6.45) is -2.95. The zero-order chi connectivity index (χ0) is 19.0. The Labute approximate surface area is 160 Å². The molecule has 0 amide bonds. The molecule has 1 aliphatic rings. The van der Waals surface area contributed by atoms with Gasteiger partial charge < -0.3 is 25.4 Å².